The van der Waals surface area contributed by atoms with Crippen molar-refractivity contribution in [3.63, 3.8) is 0 Å². The molecule has 0 rings (SSSR count). The standard InChI is InChI=1S/C11H24O2/c1-3-10(2)6-4-5-7-11(8-12)9-13/h10-13H,3-9H2,1-2H3. The van der Waals surface area contributed by atoms with Crippen LogP contribution in [0, 0.1) is 11.8 Å². The van der Waals surface area contributed by atoms with Crippen LogP contribution in [0.25, 0.3) is 0 Å². The molecule has 2 heteroatoms. The number of hydrogen-bond donors (Lipinski definition) is 2. The van der Waals surface area contributed by atoms with Crippen LogP contribution in [0.4, 0.5) is 0 Å². The fraction of sp³-hybridized carbons (Fsp3) is 1.00. The first-order valence-corrected chi connectivity index (χ1v) is 5.46. The molecule has 0 aliphatic heterocycles. The summed E-state index contributed by atoms with van der Waals surface area (Å²) >= 11 is 0. The summed E-state index contributed by atoms with van der Waals surface area (Å²) in [5.41, 5.74) is 0. The molecule has 0 radical (unpaired) electrons. The second-order valence-electron chi connectivity index (χ2n) is 4.03. The van der Waals surface area contributed by atoms with Crippen LogP contribution in [0.15, 0.2) is 0 Å². The molecule has 0 aromatic carbocycles. The largest absolute Gasteiger partial charge is 0.396 e. The molecule has 13 heavy (non-hydrogen) atoms. The average molecular weight is 188 g/mol. The molecule has 1 unspecified atom stereocenters. The third kappa shape index (κ3) is 7.03. The van der Waals surface area contributed by atoms with Crippen molar-refractivity contribution < 1.29 is 10.2 Å². The highest BCUT2D eigenvalue weighted by Crippen LogP contribution is 2.14. The highest BCUT2D eigenvalue weighted by Gasteiger charge is 2.05. The van der Waals surface area contributed by atoms with Crippen molar-refractivity contribution >= 4 is 0 Å². The molecule has 1 atom stereocenters. The van der Waals surface area contributed by atoms with Crippen LogP contribution in [0.3, 0.4) is 0 Å². The number of aliphatic hydroxyl groups is 2. The Balaban J connectivity index is 3.23. The fourth-order valence-corrected chi connectivity index (χ4v) is 1.37. The lowest BCUT2D eigenvalue weighted by Gasteiger charge is -2.11. The lowest BCUT2D eigenvalue weighted by atomic mass is 9.97. The highest BCUT2D eigenvalue weighted by atomic mass is 16.3. The molecule has 0 aliphatic carbocycles. The summed E-state index contributed by atoms with van der Waals surface area (Å²) in [6.07, 6.45) is 5.86. The van der Waals surface area contributed by atoms with Crippen molar-refractivity contribution in [3.05, 3.63) is 0 Å². The maximum Gasteiger partial charge on any atom is 0.0481 e. The Kier molecular flexibility index (Phi) is 8.46. The molecule has 0 aromatic rings. The van der Waals surface area contributed by atoms with E-state index in [1.165, 1.54) is 19.3 Å². The molecule has 0 fully saturated rings. The minimum atomic E-state index is 0.108. The summed E-state index contributed by atoms with van der Waals surface area (Å²) < 4.78 is 0. The Labute approximate surface area is 82.0 Å². The minimum absolute atomic E-state index is 0.108. The summed E-state index contributed by atoms with van der Waals surface area (Å²) in [5.74, 6) is 0.929. The zero-order valence-electron chi connectivity index (χ0n) is 9.00. The van der Waals surface area contributed by atoms with Gasteiger partial charge in [-0.2, -0.15) is 0 Å². The van der Waals surface area contributed by atoms with Crippen LogP contribution in [-0.2, 0) is 0 Å². The summed E-state index contributed by atoms with van der Waals surface area (Å²) in [6, 6.07) is 0. The molecule has 2 nitrogen and oxygen atoms in total. The Morgan fingerprint density at radius 3 is 2.00 bits per heavy atom. The number of rotatable bonds is 8. The summed E-state index contributed by atoms with van der Waals surface area (Å²) in [6.45, 7) is 4.74. The minimum Gasteiger partial charge on any atom is -0.396 e. The Bertz CT molecular complexity index is 100. The zero-order valence-corrected chi connectivity index (χ0v) is 9.00. The van der Waals surface area contributed by atoms with Gasteiger partial charge in [-0.3, -0.25) is 0 Å². The van der Waals surface area contributed by atoms with Crippen molar-refractivity contribution in [2.24, 2.45) is 11.8 Å². The average Bonchev–Trinajstić information content (AvgIpc) is 2.18. The number of hydrogen-bond acceptors (Lipinski definition) is 2. The van der Waals surface area contributed by atoms with Crippen molar-refractivity contribution in [1.29, 1.82) is 0 Å². The van der Waals surface area contributed by atoms with E-state index in [0.717, 1.165) is 18.8 Å². The predicted molar refractivity (Wildman–Crippen MR) is 55.6 cm³/mol. The Morgan fingerprint density at radius 2 is 1.54 bits per heavy atom. The lowest BCUT2D eigenvalue weighted by Crippen LogP contribution is -2.10. The third-order valence-corrected chi connectivity index (χ3v) is 2.77. The topological polar surface area (TPSA) is 40.5 Å². The molecular weight excluding hydrogens is 164 g/mol. The van der Waals surface area contributed by atoms with Gasteiger partial charge in [0.2, 0.25) is 0 Å². The van der Waals surface area contributed by atoms with E-state index in [-0.39, 0.29) is 19.1 Å². The smallest absolute Gasteiger partial charge is 0.0481 e. The molecule has 0 saturated carbocycles. The quantitative estimate of drug-likeness (QED) is 0.573. The molecule has 0 saturated heterocycles. The molecule has 0 amide bonds. The van der Waals surface area contributed by atoms with Gasteiger partial charge in [0.15, 0.2) is 0 Å². The van der Waals surface area contributed by atoms with Crippen LogP contribution in [0.2, 0.25) is 0 Å². The second-order valence-corrected chi connectivity index (χ2v) is 4.03. The van der Waals surface area contributed by atoms with Gasteiger partial charge < -0.3 is 10.2 Å². The summed E-state index contributed by atoms with van der Waals surface area (Å²) in [7, 11) is 0. The van der Waals surface area contributed by atoms with Crippen molar-refractivity contribution in [2.45, 2.75) is 46.0 Å². The molecule has 2 N–H and O–H groups in total. The third-order valence-electron chi connectivity index (χ3n) is 2.77. The van der Waals surface area contributed by atoms with Gasteiger partial charge in [-0.15, -0.1) is 0 Å². The molecule has 0 bridgehead atoms. The summed E-state index contributed by atoms with van der Waals surface area (Å²) in [5, 5.41) is 17.6. The van der Waals surface area contributed by atoms with Crippen molar-refractivity contribution in [2.75, 3.05) is 13.2 Å². The van der Waals surface area contributed by atoms with E-state index in [0.29, 0.717) is 0 Å². The van der Waals surface area contributed by atoms with Crippen LogP contribution >= 0.6 is 0 Å². The molecular formula is C11H24O2. The molecule has 0 aliphatic rings. The van der Waals surface area contributed by atoms with E-state index < -0.39 is 0 Å². The van der Waals surface area contributed by atoms with Crippen molar-refractivity contribution in [3.8, 4) is 0 Å². The van der Waals surface area contributed by atoms with Gasteiger partial charge in [-0.25, -0.2) is 0 Å². The molecule has 0 aromatic heterocycles. The van der Waals surface area contributed by atoms with Gasteiger partial charge in [0, 0.05) is 19.1 Å². The Hall–Kier alpha value is -0.0800. The maximum atomic E-state index is 8.82. The first-order valence-electron chi connectivity index (χ1n) is 5.46. The SMILES string of the molecule is CCC(C)CCCCC(CO)CO. The van der Waals surface area contributed by atoms with Crippen LogP contribution in [0.1, 0.15) is 46.0 Å². The first-order chi connectivity index (χ1) is 6.24. The van der Waals surface area contributed by atoms with Gasteiger partial charge in [-0.1, -0.05) is 39.5 Å². The lowest BCUT2D eigenvalue weighted by molar-refractivity contribution is 0.141. The Morgan fingerprint density at radius 1 is 1.00 bits per heavy atom. The summed E-state index contributed by atoms with van der Waals surface area (Å²) in [4.78, 5) is 0. The predicted octanol–water partition coefficient (Wildman–Crippen LogP) is 2.19. The molecule has 0 spiro atoms. The zero-order chi connectivity index (χ0) is 10.1. The van der Waals surface area contributed by atoms with Gasteiger partial charge in [-0.05, 0) is 12.3 Å². The van der Waals surface area contributed by atoms with E-state index in [1.54, 1.807) is 0 Å². The van der Waals surface area contributed by atoms with E-state index in [4.69, 9.17) is 10.2 Å². The number of unbranched alkanes of at least 4 members (excludes halogenated alkanes) is 1. The van der Waals surface area contributed by atoms with Gasteiger partial charge in [0.1, 0.15) is 0 Å². The van der Waals surface area contributed by atoms with Gasteiger partial charge >= 0.3 is 0 Å². The molecule has 80 valence electrons. The number of aliphatic hydroxyl groups excluding tert-OH is 2. The van der Waals surface area contributed by atoms with E-state index in [9.17, 15) is 0 Å². The van der Waals surface area contributed by atoms with E-state index in [2.05, 4.69) is 13.8 Å². The van der Waals surface area contributed by atoms with Gasteiger partial charge in [0.05, 0.1) is 0 Å². The highest BCUT2D eigenvalue weighted by molar-refractivity contribution is 4.57. The van der Waals surface area contributed by atoms with Crippen LogP contribution in [0.5, 0.6) is 0 Å². The first kappa shape index (κ1) is 12.9. The van der Waals surface area contributed by atoms with Crippen LogP contribution in [-0.4, -0.2) is 23.4 Å². The van der Waals surface area contributed by atoms with Crippen molar-refractivity contribution in [1.82, 2.24) is 0 Å². The maximum absolute atomic E-state index is 8.82. The normalized spacial score (nSPS) is 13.6. The molecule has 0 heterocycles. The second kappa shape index (κ2) is 8.52. The van der Waals surface area contributed by atoms with Crippen LogP contribution < -0.4 is 0 Å². The fourth-order valence-electron chi connectivity index (χ4n) is 1.37. The monoisotopic (exact) mass is 188 g/mol. The van der Waals surface area contributed by atoms with Gasteiger partial charge in [0.25, 0.3) is 0 Å². The van der Waals surface area contributed by atoms with E-state index in [1.807, 2.05) is 0 Å². The van der Waals surface area contributed by atoms with E-state index >= 15 is 0 Å².